The summed E-state index contributed by atoms with van der Waals surface area (Å²) in [4.78, 5) is 42.8. The standard InChI is InChI=1S/C26H22N6O3/c1-3-31-26(35)20-12-8-7-11-19(20)23(30-31)25(34)29-28-24(33)17-13-14-22-21(15-17)27-16(2)32(22)18-9-5-4-6-10-18/h4-15H,3H2,1-2H3,(H,28,33)(H,29,34). The quantitative estimate of drug-likeness (QED) is 0.396. The van der Waals surface area contributed by atoms with Gasteiger partial charge in [0.05, 0.1) is 16.4 Å². The second kappa shape index (κ2) is 8.86. The van der Waals surface area contributed by atoms with Crippen molar-refractivity contribution in [2.75, 3.05) is 0 Å². The summed E-state index contributed by atoms with van der Waals surface area (Å²) in [7, 11) is 0. The number of aryl methyl sites for hydroxylation is 2. The highest BCUT2D eigenvalue weighted by molar-refractivity contribution is 6.06. The maximum Gasteiger partial charge on any atom is 0.290 e. The summed E-state index contributed by atoms with van der Waals surface area (Å²) < 4.78 is 3.23. The highest BCUT2D eigenvalue weighted by Crippen LogP contribution is 2.22. The molecule has 0 aliphatic carbocycles. The summed E-state index contributed by atoms with van der Waals surface area (Å²) >= 11 is 0. The molecule has 35 heavy (non-hydrogen) atoms. The average Bonchev–Trinajstić information content (AvgIpc) is 3.22. The molecule has 2 heterocycles. The number of nitrogens with one attached hydrogen (secondary N) is 2. The number of imidazole rings is 1. The number of carbonyl (C=O) groups excluding carboxylic acids is 2. The summed E-state index contributed by atoms with van der Waals surface area (Å²) in [5.41, 5.74) is 7.46. The van der Waals surface area contributed by atoms with Crippen LogP contribution in [0.2, 0.25) is 0 Å². The van der Waals surface area contributed by atoms with Gasteiger partial charge in [-0.2, -0.15) is 5.10 Å². The molecular formula is C26H22N6O3. The number of carbonyl (C=O) groups is 2. The molecule has 0 aliphatic heterocycles. The Kier molecular flexibility index (Phi) is 5.58. The van der Waals surface area contributed by atoms with Gasteiger partial charge in [-0.25, -0.2) is 9.67 Å². The number of nitrogens with zero attached hydrogens (tertiary/aromatic N) is 4. The molecule has 0 bridgehead atoms. The fraction of sp³-hybridized carbons (Fsp3) is 0.115. The van der Waals surface area contributed by atoms with Gasteiger partial charge in [0.2, 0.25) is 0 Å². The first-order valence-corrected chi connectivity index (χ1v) is 11.1. The normalized spacial score (nSPS) is 11.0. The molecule has 2 aromatic heterocycles. The van der Waals surface area contributed by atoms with Crippen LogP contribution in [0.25, 0.3) is 27.5 Å². The predicted octanol–water partition coefficient (Wildman–Crippen LogP) is 3.14. The third kappa shape index (κ3) is 3.93. The second-order valence-electron chi connectivity index (χ2n) is 7.96. The van der Waals surface area contributed by atoms with Crippen LogP contribution in [0.1, 0.15) is 33.6 Å². The van der Waals surface area contributed by atoms with Crippen molar-refractivity contribution in [3.8, 4) is 5.69 Å². The first-order chi connectivity index (χ1) is 17.0. The molecule has 5 rings (SSSR count). The predicted molar refractivity (Wildman–Crippen MR) is 132 cm³/mol. The number of amides is 2. The third-order valence-corrected chi connectivity index (χ3v) is 5.77. The number of hydrazine groups is 1. The Labute approximate surface area is 200 Å². The zero-order chi connectivity index (χ0) is 24.5. The number of hydrogen-bond donors (Lipinski definition) is 2. The van der Waals surface area contributed by atoms with Crippen molar-refractivity contribution in [2.45, 2.75) is 20.4 Å². The summed E-state index contributed by atoms with van der Waals surface area (Å²) in [5, 5.41) is 4.98. The molecule has 2 amide bonds. The molecule has 0 saturated heterocycles. The van der Waals surface area contributed by atoms with Crippen LogP contribution in [-0.4, -0.2) is 31.1 Å². The first-order valence-electron chi connectivity index (χ1n) is 11.1. The molecule has 5 aromatic rings. The number of hydrogen-bond acceptors (Lipinski definition) is 5. The summed E-state index contributed by atoms with van der Waals surface area (Å²) in [5.74, 6) is -0.330. The fourth-order valence-corrected chi connectivity index (χ4v) is 4.11. The Bertz CT molecular complexity index is 1650. The van der Waals surface area contributed by atoms with E-state index in [1.165, 1.54) is 4.68 Å². The summed E-state index contributed by atoms with van der Waals surface area (Å²) in [6.45, 7) is 3.98. The van der Waals surface area contributed by atoms with Gasteiger partial charge in [-0.3, -0.25) is 29.8 Å². The van der Waals surface area contributed by atoms with Crippen LogP contribution >= 0.6 is 0 Å². The van der Waals surface area contributed by atoms with Crippen molar-refractivity contribution in [3.63, 3.8) is 0 Å². The van der Waals surface area contributed by atoms with Crippen molar-refractivity contribution in [1.82, 2.24) is 30.2 Å². The molecule has 9 nitrogen and oxygen atoms in total. The van der Waals surface area contributed by atoms with Gasteiger partial charge in [-0.05, 0) is 50.2 Å². The molecule has 3 aromatic carbocycles. The monoisotopic (exact) mass is 466 g/mol. The zero-order valence-electron chi connectivity index (χ0n) is 19.1. The Morgan fingerprint density at radius 2 is 1.57 bits per heavy atom. The van der Waals surface area contributed by atoms with Crippen LogP contribution in [0.15, 0.2) is 77.6 Å². The number of fused-ring (bicyclic) bond motifs is 2. The number of aromatic nitrogens is 4. The first kappa shape index (κ1) is 22.0. The molecule has 0 fully saturated rings. The molecule has 9 heteroatoms. The van der Waals surface area contributed by atoms with Gasteiger partial charge in [0, 0.05) is 23.2 Å². The van der Waals surface area contributed by atoms with E-state index >= 15 is 0 Å². The van der Waals surface area contributed by atoms with E-state index in [-0.39, 0.29) is 11.3 Å². The van der Waals surface area contributed by atoms with E-state index in [0.29, 0.717) is 28.4 Å². The SMILES string of the molecule is CCn1nc(C(=O)NNC(=O)c2ccc3c(c2)nc(C)n3-c2ccccc2)c2ccccc2c1=O. The van der Waals surface area contributed by atoms with Crippen LogP contribution < -0.4 is 16.4 Å². The fourth-order valence-electron chi connectivity index (χ4n) is 4.11. The van der Waals surface area contributed by atoms with E-state index in [1.807, 2.05) is 47.9 Å². The molecule has 174 valence electrons. The lowest BCUT2D eigenvalue weighted by Crippen LogP contribution is -2.42. The third-order valence-electron chi connectivity index (χ3n) is 5.77. The van der Waals surface area contributed by atoms with E-state index < -0.39 is 11.8 Å². The lowest BCUT2D eigenvalue weighted by molar-refractivity contribution is 0.0843. The van der Waals surface area contributed by atoms with E-state index in [0.717, 1.165) is 17.0 Å². The number of rotatable bonds is 4. The van der Waals surface area contributed by atoms with Gasteiger partial charge < -0.3 is 0 Å². The number of benzene rings is 3. The van der Waals surface area contributed by atoms with Crippen LogP contribution in [0, 0.1) is 6.92 Å². The van der Waals surface area contributed by atoms with Crippen LogP contribution in [0.5, 0.6) is 0 Å². The van der Waals surface area contributed by atoms with Crippen molar-refractivity contribution >= 4 is 33.6 Å². The van der Waals surface area contributed by atoms with E-state index in [4.69, 9.17) is 0 Å². The maximum atomic E-state index is 12.9. The van der Waals surface area contributed by atoms with Crippen molar-refractivity contribution in [2.24, 2.45) is 0 Å². The van der Waals surface area contributed by atoms with Gasteiger partial charge in [-0.1, -0.05) is 36.4 Å². The summed E-state index contributed by atoms with van der Waals surface area (Å²) in [6.07, 6.45) is 0. The molecular weight excluding hydrogens is 444 g/mol. The van der Waals surface area contributed by atoms with E-state index in [1.54, 1.807) is 43.3 Å². The minimum Gasteiger partial charge on any atom is -0.297 e. The lowest BCUT2D eigenvalue weighted by atomic mass is 10.1. The Morgan fingerprint density at radius 1 is 0.886 bits per heavy atom. The molecule has 0 saturated carbocycles. The van der Waals surface area contributed by atoms with Gasteiger partial charge in [-0.15, -0.1) is 0 Å². The van der Waals surface area contributed by atoms with Gasteiger partial charge >= 0.3 is 0 Å². The van der Waals surface area contributed by atoms with Crippen molar-refractivity contribution in [1.29, 1.82) is 0 Å². The minimum absolute atomic E-state index is 0.0510. The topological polar surface area (TPSA) is 111 Å². The molecule has 0 aliphatic rings. The zero-order valence-corrected chi connectivity index (χ0v) is 19.1. The number of para-hydroxylation sites is 1. The van der Waals surface area contributed by atoms with E-state index in [9.17, 15) is 14.4 Å². The van der Waals surface area contributed by atoms with Crippen molar-refractivity contribution in [3.05, 3.63) is 100 Å². The maximum absolute atomic E-state index is 12.9. The lowest BCUT2D eigenvalue weighted by Gasteiger charge is -2.11. The molecule has 2 N–H and O–H groups in total. The van der Waals surface area contributed by atoms with Gasteiger partial charge in [0.1, 0.15) is 5.82 Å². The largest absolute Gasteiger partial charge is 0.297 e. The average molecular weight is 467 g/mol. The Balaban J connectivity index is 1.39. The van der Waals surface area contributed by atoms with Crippen molar-refractivity contribution < 1.29 is 9.59 Å². The van der Waals surface area contributed by atoms with Crippen LogP contribution in [-0.2, 0) is 6.54 Å². The van der Waals surface area contributed by atoms with Gasteiger partial charge in [0.25, 0.3) is 17.4 Å². The Hall–Kier alpha value is -4.79. The molecule has 0 spiro atoms. The minimum atomic E-state index is -0.623. The highest BCUT2D eigenvalue weighted by atomic mass is 16.2. The molecule has 0 atom stereocenters. The Morgan fingerprint density at radius 3 is 2.31 bits per heavy atom. The van der Waals surface area contributed by atoms with E-state index in [2.05, 4.69) is 20.9 Å². The second-order valence-corrected chi connectivity index (χ2v) is 7.96. The van der Waals surface area contributed by atoms with Crippen LogP contribution in [0.3, 0.4) is 0 Å². The molecule has 0 unspecified atom stereocenters. The summed E-state index contributed by atoms with van der Waals surface area (Å²) in [6, 6.07) is 21.8. The smallest absolute Gasteiger partial charge is 0.290 e. The van der Waals surface area contributed by atoms with Gasteiger partial charge in [0.15, 0.2) is 5.69 Å². The van der Waals surface area contributed by atoms with Crippen LogP contribution in [0.4, 0.5) is 0 Å². The highest BCUT2D eigenvalue weighted by Gasteiger charge is 2.18. The molecule has 0 radical (unpaired) electrons.